The van der Waals surface area contributed by atoms with Crippen molar-refractivity contribution in [3.05, 3.63) is 77.7 Å². The molecule has 0 amide bonds. The van der Waals surface area contributed by atoms with Gasteiger partial charge in [-0.05, 0) is 19.1 Å². The van der Waals surface area contributed by atoms with Gasteiger partial charge in [0.05, 0.1) is 5.52 Å². The standard InChI is InChI=1S/C17H14FNO/c1-17(20,13-8-2-3-10-15(13)18)14-9-4-6-12-7-5-11-19-16(12)14/h2-11,20H,1H3. The molecule has 3 heteroatoms. The third-order valence-electron chi connectivity index (χ3n) is 3.56. The minimum absolute atomic E-state index is 0.248. The van der Waals surface area contributed by atoms with Crippen LogP contribution in [0, 0.1) is 5.82 Å². The van der Waals surface area contributed by atoms with Crippen molar-refractivity contribution in [1.82, 2.24) is 4.98 Å². The molecule has 0 saturated carbocycles. The zero-order valence-corrected chi connectivity index (χ0v) is 11.0. The molecule has 0 saturated heterocycles. The zero-order chi connectivity index (χ0) is 14.2. The molecule has 0 bridgehead atoms. The number of nitrogens with zero attached hydrogens (tertiary/aromatic N) is 1. The molecule has 1 aromatic heterocycles. The largest absolute Gasteiger partial charge is 0.380 e. The second-order valence-electron chi connectivity index (χ2n) is 4.93. The highest BCUT2D eigenvalue weighted by molar-refractivity contribution is 5.82. The van der Waals surface area contributed by atoms with Crippen LogP contribution < -0.4 is 0 Å². The van der Waals surface area contributed by atoms with E-state index in [2.05, 4.69) is 4.98 Å². The van der Waals surface area contributed by atoms with Crippen molar-refractivity contribution in [1.29, 1.82) is 0 Å². The van der Waals surface area contributed by atoms with Gasteiger partial charge in [0.25, 0.3) is 0 Å². The van der Waals surface area contributed by atoms with E-state index in [1.807, 2.05) is 24.3 Å². The molecule has 0 aliphatic carbocycles. The van der Waals surface area contributed by atoms with Crippen molar-refractivity contribution < 1.29 is 9.50 Å². The Kier molecular flexibility index (Phi) is 2.99. The number of para-hydroxylation sites is 1. The first kappa shape index (κ1) is 12.8. The average molecular weight is 267 g/mol. The van der Waals surface area contributed by atoms with E-state index in [9.17, 15) is 9.50 Å². The second-order valence-corrected chi connectivity index (χ2v) is 4.93. The van der Waals surface area contributed by atoms with Gasteiger partial charge in [0.1, 0.15) is 11.4 Å². The zero-order valence-electron chi connectivity index (χ0n) is 11.0. The highest BCUT2D eigenvalue weighted by Gasteiger charge is 2.30. The van der Waals surface area contributed by atoms with Crippen LogP contribution >= 0.6 is 0 Å². The molecule has 0 aliphatic rings. The van der Waals surface area contributed by atoms with Crippen LogP contribution in [0.4, 0.5) is 4.39 Å². The Bertz CT molecular complexity index is 762. The average Bonchev–Trinajstić information content (AvgIpc) is 2.47. The predicted octanol–water partition coefficient (Wildman–Crippen LogP) is 3.63. The van der Waals surface area contributed by atoms with Gasteiger partial charge in [0, 0.05) is 22.7 Å². The van der Waals surface area contributed by atoms with E-state index in [-0.39, 0.29) is 5.56 Å². The summed E-state index contributed by atoms with van der Waals surface area (Å²) in [7, 11) is 0. The van der Waals surface area contributed by atoms with E-state index in [0.29, 0.717) is 11.1 Å². The van der Waals surface area contributed by atoms with Crippen molar-refractivity contribution in [2.45, 2.75) is 12.5 Å². The van der Waals surface area contributed by atoms with Crippen LogP contribution in [0.1, 0.15) is 18.1 Å². The molecule has 1 atom stereocenters. The summed E-state index contributed by atoms with van der Waals surface area (Å²) in [6.07, 6.45) is 1.67. The SMILES string of the molecule is CC(O)(c1ccccc1F)c1cccc2cccnc12. The Morgan fingerprint density at radius 1 is 0.950 bits per heavy atom. The van der Waals surface area contributed by atoms with Gasteiger partial charge in [0.2, 0.25) is 0 Å². The molecule has 0 spiro atoms. The highest BCUT2D eigenvalue weighted by atomic mass is 19.1. The van der Waals surface area contributed by atoms with E-state index in [4.69, 9.17) is 0 Å². The topological polar surface area (TPSA) is 33.1 Å². The minimum atomic E-state index is -1.43. The first-order valence-electron chi connectivity index (χ1n) is 6.42. The van der Waals surface area contributed by atoms with Crippen LogP contribution in [0.25, 0.3) is 10.9 Å². The molecule has 0 aliphatic heterocycles. The molecule has 1 N–H and O–H groups in total. The lowest BCUT2D eigenvalue weighted by Crippen LogP contribution is -2.24. The summed E-state index contributed by atoms with van der Waals surface area (Å²) in [6.45, 7) is 1.59. The Balaban J connectivity index is 2.27. The summed E-state index contributed by atoms with van der Waals surface area (Å²) < 4.78 is 14.0. The van der Waals surface area contributed by atoms with Gasteiger partial charge in [-0.1, -0.05) is 42.5 Å². The van der Waals surface area contributed by atoms with Gasteiger partial charge in [-0.15, -0.1) is 0 Å². The molecule has 0 radical (unpaired) electrons. The van der Waals surface area contributed by atoms with Crippen molar-refractivity contribution in [2.24, 2.45) is 0 Å². The summed E-state index contributed by atoms with van der Waals surface area (Å²) >= 11 is 0. The van der Waals surface area contributed by atoms with Crippen LogP contribution in [0.2, 0.25) is 0 Å². The van der Waals surface area contributed by atoms with Crippen molar-refractivity contribution in [2.75, 3.05) is 0 Å². The lowest BCUT2D eigenvalue weighted by molar-refractivity contribution is 0.0993. The summed E-state index contributed by atoms with van der Waals surface area (Å²) in [6, 6.07) is 15.6. The number of fused-ring (bicyclic) bond motifs is 1. The summed E-state index contributed by atoms with van der Waals surface area (Å²) in [5.74, 6) is -0.426. The molecule has 1 unspecified atom stereocenters. The number of aromatic nitrogens is 1. The highest BCUT2D eigenvalue weighted by Crippen LogP contribution is 2.34. The van der Waals surface area contributed by atoms with Crippen molar-refractivity contribution in [3.8, 4) is 0 Å². The van der Waals surface area contributed by atoms with E-state index < -0.39 is 11.4 Å². The molecular weight excluding hydrogens is 253 g/mol. The number of rotatable bonds is 2. The normalized spacial score (nSPS) is 14.2. The Hall–Kier alpha value is -2.26. The lowest BCUT2D eigenvalue weighted by atomic mass is 9.86. The predicted molar refractivity (Wildman–Crippen MR) is 76.8 cm³/mol. The molecule has 0 fully saturated rings. The fourth-order valence-corrected chi connectivity index (χ4v) is 2.50. The molecule has 1 heterocycles. The van der Waals surface area contributed by atoms with Crippen LogP contribution in [0.15, 0.2) is 60.8 Å². The summed E-state index contributed by atoms with van der Waals surface area (Å²) in [5, 5.41) is 11.8. The maximum absolute atomic E-state index is 14.0. The molecular formula is C17H14FNO. The Labute approximate surface area is 116 Å². The number of pyridine rings is 1. The summed E-state index contributed by atoms with van der Waals surface area (Å²) in [4.78, 5) is 4.32. The van der Waals surface area contributed by atoms with E-state index in [1.165, 1.54) is 6.07 Å². The third kappa shape index (κ3) is 1.96. The lowest BCUT2D eigenvalue weighted by Gasteiger charge is -2.25. The first-order chi connectivity index (χ1) is 9.60. The minimum Gasteiger partial charge on any atom is -0.380 e. The van der Waals surface area contributed by atoms with E-state index in [1.54, 1.807) is 37.4 Å². The van der Waals surface area contributed by atoms with Gasteiger partial charge in [0.15, 0.2) is 0 Å². The van der Waals surface area contributed by atoms with Gasteiger partial charge >= 0.3 is 0 Å². The fraction of sp³-hybridized carbons (Fsp3) is 0.118. The Morgan fingerprint density at radius 3 is 2.45 bits per heavy atom. The molecule has 20 heavy (non-hydrogen) atoms. The molecule has 2 aromatic carbocycles. The molecule has 100 valence electrons. The fourth-order valence-electron chi connectivity index (χ4n) is 2.50. The second kappa shape index (κ2) is 4.69. The van der Waals surface area contributed by atoms with Crippen LogP contribution in [0.3, 0.4) is 0 Å². The number of halogens is 1. The van der Waals surface area contributed by atoms with E-state index in [0.717, 1.165) is 5.39 Å². The number of benzene rings is 2. The van der Waals surface area contributed by atoms with Crippen LogP contribution in [-0.4, -0.2) is 10.1 Å². The quantitative estimate of drug-likeness (QED) is 0.769. The maximum atomic E-state index is 14.0. The monoisotopic (exact) mass is 267 g/mol. The molecule has 2 nitrogen and oxygen atoms in total. The van der Waals surface area contributed by atoms with Gasteiger partial charge in [-0.2, -0.15) is 0 Å². The third-order valence-corrected chi connectivity index (χ3v) is 3.56. The van der Waals surface area contributed by atoms with Gasteiger partial charge < -0.3 is 5.11 Å². The van der Waals surface area contributed by atoms with Crippen LogP contribution in [0.5, 0.6) is 0 Å². The van der Waals surface area contributed by atoms with Crippen molar-refractivity contribution >= 4 is 10.9 Å². The smallest absolute Gasteiger partial charge is 0.129 e. The summed E-state index contributed by atoms with van der Waals surface area (Å²) in [5.41, 5.74) is 0.0984. The van der Waals surface area contributed by atoms with Crippen LogP contribution in [-0.2, 0) is 5.60 Å². The number of aliphatic hydroxyl groups is 1. The molecule has 3 aromatic rings. The number of hydrogen-bond donors (Lipinski definition) is 1. The molecule has 3 rings (SSSR count). The van der Waals surface area contributed by atoms with Crippen molar-refractivity contribution in [3.63, 3.8) is 0 Å². The Morgan fingerprint density at radius 2 is 1.65 bits per heavy atom. The van der Waals surface area contributed by atoms with Gasteiger partial charge in [-0.25, -0.2) is 4.39 Å². The first-order valence-corrected chi connectivity index (χ1v) is 6.42. The van der Waals surface area contributed by atoms with E-state index >= 15 is 0 Å². The number of hydrogen-bond acceptors (Lipinski definition) is 2. The van der Waals surface area contributed by atoms with Gasteiger partial charge in [-0.3, -0.25) is 4.98 Å². The maximum Gasteiger partial charge on any atom is 0.129 e.